The Labute approximate surface area is 177 Å². The van der Waals surface area contributed by atoms with Crippen molar-refractivity contribution >= 4 is 27.5 Å². The molecular weight excluding hydrogens is 402 g/mol. The molecule has 2 aromatic carbocycles. The Morgan fingerprint density at radius 1 is 1.03 bits per heavy atom. The van der Waals surface area contributed by atoms with Crippen LogP contribution in [0.15, 0.2) is 53.4 Å². The third-order valence-corrected chi connectivity index (χ3v) is 7.19. The molecule has 0 aromatic heterocycles. The maximum Gasteiger partial charge on any atom is 0.254 e. The van der Waals surface area contributed by atoms with Crippen LogP contribution in [-0.4, -0.2) is 56.1 Å². The minimum absolute atomic E-state index is 0.143. The maximum absolute atomic E-state index is 13.0. The lowest BCUT2D eigenvalue weighted by molar-refractivity contribution is -0.116. The van der Waals surface area contributed by atoms with Crippen molar-refractivity contribution in [2.45, 2.75) is 31.1 Å². The van der Waals surface area contributed by atoms with Crippen LogP contribution in [0.2, 0.25) is 0 Å². The van der Waals surface area contributed by atoms with Crippen LogP contribution in [-0.2, 0) is 14.8 Å². The predicted octanol–water partition coefficient (Wildman–Crippen LogP) is 2.88. The topological polar surface area (TPSA) is 86.8 Å². The number of likely N-dealkylation sites (N-methyl/N-ethyl adjacent to an activating group) is 1. The van der Waals surface area contributed by atoms with Gasteiger partial charge in [0.05, 0.1) is 11.4 Å². The first-order valence-corrected chi connectivity index (χ1v) is 11.4. The van der Waals surface area contributed by atoms with Gasteiger partial charge >= 0.3 is 0 Å². The minimum Gasteiger partial charge on any atom is -0.332 e. The number of nitrogens with zero attached hydrogens (tertiary/aromatic N) is 2. The zero-order valence-electron chi connectivity index (χ0n) is 17.3. The Hall–Kier alpha value is -2.71. The molecule has 0 radical (unpaired) electrons. The van der Waals surface area contributed by atoms with Gasteiger partial charge in [0.1, 0.15) is 0 Å². The summed E-state index contributed by atoms with van der Waals surface area (Å²) in [6, 6.07) is 13.6. The quantitative estimate of drug-likeness (QED) is 0.765. The van der Waals surface area contributed by atoms with Crippen LogP contribution in [0.5, 0.6) is 0 Å². The largest absolute Gasteiger partial charge is 0.332 e. The van der Waals surface area contributed by atoms with Crippen molar-refractivity contribution in [2.75, 3.05) is 32.0 Å². The first-order valence-electron chi connectivity index (χ1n) is 10.0. The van der Waals surface area contributed by atoms with Gasteiger partial charge in [-0.2, -0.15) is 4.31 Å². The number of aryl methyl sites for hydroxylation is 1. The molecule has 30 heavy (non-hydrogen) atoms. The predicted molar refractivity (Wildman–Crippen MR) is 116 cm³/mol. The van der Waals surface area contributed by atoms with Crippen molar-refractivity contribution in [3.63, 3.8) is 0 Å². The first kappa shape index (κ1) is 22.0. The number of amides is 2. The molecule has 8 heteroatoms. The van der Waals surface area contributed by atoms with E-state index >= 15 is 0 Å². The second-order valence-electron chi connectivity index (χ2n) is 7.52. The Balaban J connectivity index is 1.70. The van der Waals surface area contributed by atoms with E-state index in [1.807, 2.05) is 6.07 Å². The fourth-order valence-electron chi connectivity index (χ4n) is 3.49. The van der Waals surface area contributed by atoms with Crippen LogP contribution < -0.4 is 5.32 Å². The van der Waals surface area contributed by atoms with Gasteiger partial charge in [-0.3, -0.25) is 9.59 Å². The van der Waals surface area contributed by atoms with Gasteiger partial charge in [-0.05, 0) is 49.6 Å². The van der Waals surface area contributed by atoms with Crippen molar-refractivity contribution in [2.24, 2.45) is 0 Å². The fraction of sp³-hybridized carbons (Fsp3) is 0.364. The van der Waals surface area contributed by atoms with Crippen molar-refractivity contribution in [3.8, 4) is 0 Å². The highest BCUT2D eigenvalue weighted by molar-refractivity contribution is 7.89. The van der Waals surface area contributed by atoms with Crippen molar-refractivity contribution < 1.29 is 18.0 Å². The molecule has 0 spiro atoms. The second-order valence-corrected chi connectivity index (χ2v) is 9.43. The van der Waals surface area contributed by atoms with E-state index in [9.17, 15) is 18.0 Å². The number of hydrogen-bond acceptors (Lipinski definition) is 4. The second kappa shape index (κ2) is 9.40. The highest BCUT2D eigenvalue weighted by Crippen LogP contribution is 2.26. The summed E-state index contributed by atoms with van der Waals surface area (Å²) >= 11 is 0. The monoisotopic (exact) mass is 429 g/mol. The average Bonchev–Trinajstić information content (AvgIpc) is 2.75. The molecule has 0 atom stereocenters. The van der Waals surface area contributed by atoms with Gasteiger partial charge < -0.3 is 10.2 Å². The highest BCUT2D eigenvalue weighted by Gasteiger charge is 2.27. The first-order chi connectivity index (χ1) is 14.3. The molecule has 1 fully saturated rings. The summed E-state index contributed by atoms with van der Waals surface area (Å²) in [5, 5.41) is 2.71. The number of benzene rings is 2. The van der Waals surface area contributed by atoms with Crippen molar-refractivity contribution in [1.29, 1.82) is 0 Å². The van der Waals surface area contributed by atoms with Crippen molar-refractivity contribution in [1.82, 2.24) is 9.21 Å². The lowest BCUT2D eigenvalue weighted by atomic mass is 10.2. The molecule has 7 nitrogen and oxygen atoms in total. The van der Waals surface area contributed by atoms with Gasteiger partial charge in [0, 0.05) is 31.4 Å². The molecule has 0 aliphatic carbocycles. The van der Waals surface area contributed by atoms with Crippen LogP contribution in [0.4, 0.5) is 5.69 Å². The van der Waals surface area contributed by atoms with E-state index in [0.717, 1.165) is 19.3 Å². The van der Waals surface area contributed by atoms with E-state index in [4.69, 9.17) is 0 Å². The number of carbonyl (C=O) groups is 2. The summed E-state index contributed by atoms with van der Waals surface area (Å²) in [4.78, 5) is 26.4. The summed E-state index contributed by atoms with van der Waals surface area (Å²) in [6.45, 7) is 2.64. The summed E-state index contributed by atoms with van der Waals surface area (Å²) in [7, 11) is -2.05. The Kier molecular flexibility index (Phi) is 6.89. The molecule has 0 bridgehead atoms. The Bertz CT molecular complexity index is 1020. The molecule has 1 heterocycles. The number of sulfonamides is 1. The van der Waals surface area contributed by atoms with E-state index < -0.39 is 15.9 Å². The molecule has 1 N–H and O–H groups in total. The number of carbonyl (C=O) groups excluding carboxylic acids is 2. The molecule has 1 aliphatic rings. The van der Waals surface area contributed by atoms with E-state index in [0.29, 0.717) is 29.9 Å². The lowest BCUT2D eigenvalue weighted by Crippen LogP contribution is -2.36. The number of anilines is 1. The zero-order valence-corrected chi connectivity index (χ0v) is 18.1. The molecule has 0 saturated carbocycles. The molecule has 2 aromatic rings. The minimum atomic E-state index is -3.61. The van der Waals surface area contributed by atoms with Gasteiger partial charge in [0.25, 0.3) is 5.91 Å². The highest BCUT2D eigenvalue weighted by atomic mass is 32.2. The summed E-state index contributed by atoms with van der Waals surface area (Å²) < 4.78 is 27.6. The van der Waals surface area contributed by atoms with Gasteiger partial charge in [0.15, 0.2) is 0 Å². The maximum atomic E-state index is 13.0. The normalized spacial score (nSPS) is 14.9. The molecule has 1 saturated heterocycles. The summed E-state index contributed by atoms with van der Waals surface area (Å²) in [5.74, 6) is -0.657. The molecule has 1 aliphatic heterocycles. The number of rotatable bonds is 6. The summed E-state index contributed by atoms with van der Waals surface area (Å²) in [6.07, 6.45) is 2.75. The SMILES string of the molecule is Cc1ccc(NC(=O)CN(C)C(=O)c2ccccc2)cc1S(=O)(=O)N1CCCCC1. The molecule has 3 rings (SSSR count). The fourth-order valence-corrected chi connectivity index (χ4v) is 5.26. The molecule has 0 unspecified atom stereocenters. The van der Waals surface area contributed by atoms with Crippen LogP contribution in [0.25, 0.3) is 0 Å². The standard InChI is InChI=1S/C22H27N3O4S/c1-17-11-12-19(15-20(17)30(28,29)25-13-7-4-8-14-25)23-21(26)16-24(2)22(27)18-9-5-3-6-10-18/h3,5-6,9-12,15H,4,7-8,13-14,16H2,1-2H3,(H,23,26). The number of nitrogens with one attached hydrogen (secondary N) is 1. The van der Waals surface area contributed by atoms with E-state index in [2.05, 4.69) is 5.32 Å². The van der Waals surface area contributed by atoms with Gasteiger partial charge in [-0.1, -0.05) is 30.7 Å². The summed E-state index contributed by atoms with van der Waals surface area (Å²) in [5.41, 5.74) is 1.52. The Morgan fingerprint density at radius 3 is 2.37 bits per heavy atom. The third-order valence-electron chi connectivity index (χ3n) is 5.15. The number of piperidine rings is 1. The van der Waals surface area contributed by atoms with Crippen LogP contribution in [0.3, 0.4) is 0 Å². The number of hydrogen-bond donors (Lipinski definition) is 1. The smallest absolute Gasteiger partial charge is 0.254 e. The van der Waals surface area contributed by atoms with Gasteiger partial charge in [0.2, 0.25) is 15.9 Å². The van der Waals surface area contributed by atoms with Crippen LogP contribution in [0, 0.1) is 6.92 Å². The van der Waals surface area contributed by atoms with E-state index in [1.165, 1.54) is 15.3 Å². The zero-order chi connectivity index (χ0) is 21.7. The molecular formula is C22H27N3O4S. The van der Waals surface area contributed by atoms with Gasteiger partial charge in [-0.15, -0.1) is 0 Å². The van der Waals surface area contributed by atoms with E-state index in [1.54, 1.807) is 50.4 Å². The van der Waals surface area contributed by atoms with Gasteiger partial charge in [-0.25, -0.2) is 8.42 Å². The lowest BCUT2D eigenvalue weighted by Gasteiger charge is -2.26. The van der Waals surface area contributed by atoms with Crippen LogP contribution >= 0.6 is 0 Å². The van der Waals surface area contributed by atoms with E-state index in [-0.39, 0.29) is 17.3 Å². The van der Waals surface area contributed by atoms with Crippen molar-refractivity contribution in [3.05, 3.63) is 59.7 Å². The third kappa shape index (κ3) is 5.06. The molecule has 2 amide bonds. The van der Waals surface area contributed by atoms with Crippen LogP contribution in [0.1, 0.15) is 35.2 Å². The molecule has 160 valence electrons. The Morgan fingerprint density at radius 2 is 1.70 bits per heavy atom. The average molecular weight is 430 g/mol.